The first-order valence-electron chi connectivity index (χ1n) is 11.0. The minimum atomic E-state index is 0.478. The lowest BCUT2D eigenvalue weighted by Gasteiger charge is -2.29. The van der Waals surface area contributed by atoms with Gasteiger partial charge in [0.25, 0.3) is 0 Å². The number of aromatic nitrogens is 4. The molecule has 4 aromatic rings. The van der Waals surface area contributed by atoms with Crippen LogP contribution in [0.15, 0.2) is 42.5 Å². The Labute approximate surface area is 177 Å². The number of hydrogen-bond acceptors (Lipinski definition) is 4. The van der Waals surface area contributed by atoms with E-state index in [0.29, 0.717) is 12.1 Å². The van der Waals surface area contributed by atoms with Gasteiger partial charge in [-0.1, -0.05) is 30.3 Å². The average molecular weight is 403 g/mol. The molecule has 30 heavy (non-hydrogen) atoms. The Morgan fingerprint density at radius 3 is 2.40 bits per heavy atom. The molecule has 6 nitrogen and oxygen atoms in total. The minimum absolute atomic E-state index is 0.478. The predicted octanol–water partition coefficient (Wildman–Crippen LogP) is 4.29. The van der Waals surface area contributed by atoms with Crippen LogP contribution in [0, 0.1) is 13.8 Å². The van der Waals surface area contributed by atoms with Crippen molar-refractivity contribution >= 4 is 22.4 Å². The Balaban J connectivity index is 1.57. The van der Waals surface area contributed by atoms with Gasteiger partial charge in [-0.05, 0) is 64.3 Å². The fourth-order valence-corrected chi connectivity index (χ4v) is 4.86. The second kappa shape index (κ2) is 7.76. The molecule has 0 radical (unpaired) electrons. The summed E-state index contributed by atoms with van der Waals surface area (Å²) in [5, 5.41) is 16.1. The zero-order valence-electron chi connectivity index (χ0n) is 18.0. The molecule has 156 valence electrons. The molecule has 3 aromatic heterocycles. The topological polar surface area (TPSA) is 59.2 Å². The van der Waals surface area contributed by atoms with Crippen LogP contribution in [0.2, 0.25) is 0 Å². The summed E-state index contributed by atoms with van der Waals surface area (Å²) in [6.45, 7) is 5.07. The molecule has 1 saturated carbocycles. The molecule has 0 bridgehead atoms. The van der Waals surface area contributed by atoms with E-state index in [4.69, 9.17) is 0 Å². The van der Waals surface area contributed by atoms with E-state index in [-0.39, 0.29) is 0 Å². The fraction of sp³-hybridized carbons (Fsp3) is 0.417. The molecule has 0 atom stereocenters. The highest BCUT2D eigenvalue weighted by Crippen LogP contribution is 2.30. The molecule has 1 fully saturated rings. The zero-order valence-corrected chi connectivity index (χ0v) is 18.0. The van der Waals surface area contributed by atoms with Gasteiger partial charge in [-0.25, -0.2) is 0 Å². The monoisotopic (exact) mass is 402 g/mol. The highest BCUT2D eigenvalue weighted by atomic mass is 15.3. The number of anilines is 1. The first-order valence-corrected chi connectivity index (χ1v) is 11.0. The molecule has 1 aliphatic carbocycles. The van der Waals surface area contributed by atoms with Crippen LogP contribution < -0.4 is 10.6 Å². The lowest BCUT2D eigenvalue weighted by Crippen LogP contribution is -2.35. The van der Waals surface area contributed by atoms with Crippen molar-refractivity contribution in [3.63, 3.8) is 0 Å². The number of aryl methyl sites for hydroxylation is 2. The minimum Gasteiger partial charge on any atom is -0.379 e. The molecule has 1 aromatic carbocycles. The molecule has 5 rings (SSSR count). The molecular weight excluding hydrogens is 372 g/mol. The maximum Gasteiger partial charge on any atom is 0.184 e. The fourth-order valence-electron chi connectivity index (χ4n) is 4.86. The van der Waals surface area contributed by atoms with E-state index in [9.17, 15) is 0 Å². The number of pyridine rings is 1. The highest BCUT2D eigenvalue weighted by molar-refractivity contribution is 5.88. The van der Waals surface area contributed by atoms with Crippen molar-refractivity contribution in [2.45, 2.75) is 58.2 Å². The van der Waals surface area contributed by atoms with E-state index >= 15 is 0 Å². The van der Waals surface area contributed by atoms with Gasteiger partial charge in [0.1, 0.15) is 5.82 Å². The molecule has 0 aliphatic heterocycles. The molecule has 1 aliphatic rings. The molecule has 3 heterocycles. The van der Waals surface area contributed by atoms with Crippen LogP contribution in [0.4, 0.5) is 5.69 Å². The second-order valence-corrected chi connectivity index (χ2v) is 8.57. The summed E-state index contributed by atoms with van der Waals surface area (Å²) in [5.41, 5.74) is 6.95. The summed E-state index contributed by atoms with van der Waals surface area (Å²) in [7, 11) is 2.07. The Morgan fingerprint density at radius 2 is 1.67 bits per heavy atom. The van der Waals surface area contributed by atoms with Gasteiger partial charge in [-0.2, -0.15) is 0 Å². The smallest absolute Gasteiger partial charge is 0.184 e. The van der Waals surface area contributed by atoms with E-state index in [1.54, 1.807) is 0 Å². The average Bonchev–Trinajstić information content (AvgIpc) is 3.30. The van der Waals surface area contributed by atoms with Crippen LogP contribution in [0.1, 0.15) is 42.8 Å². The molecule has 2 N–H and O–H groups in total. The summed E-state index contributed by atoms with van der Waals surface area (Å²) in [4.78, 5) is 0. The Bertz CT molecular complexity index is 1170. The highest BCUT2D eigenvalue weighted by Gasteiger charge is 2.22. The van der Waals surface area contributed by atoms with Crippen LogP contribution in [0.5, 0.6) is 0 Å². The Kier molecular flexibility index (Phi) is 4.95. The summed E-state index contributed by atoms with van der Waals surface area (Å²) in [5.74, 6) is 0.925. The number of hydrogen-bond donors (Lipinski definition) is 2. The van der Waals surface area contributed by atoms with Crippen molar-refractivity contribution in [2.24, 2.45) is 0 Å². The first kappa shape index (κ1) is 19.1. The van der Waals surface area contributed by atoms with Crippen molar-refractivity contribution in [3.05, 3.63) is 59.5 Å². The van der Waals surface area contributed by atoms with Gasteiger partial charge in [0.05, 0.1) is 16.7 Å². The number of nitrogens with one attached hydrogen (secondary N) is 2. The summed E-state index contributed by atoms with van der Waals surface area (Å²) in [6, 6.07) is 16.3. The quantitative estimate of drug-likeness (QED) is 0.523. The summed E-state index contributed by atoms with van der Waals surface area (Å²) < 4.78 is 4.60. The van der Waals surface area contributed by atoms with Gasteiger partial charge in [0.2, 0.25) is 0 Å². The maximum absolute atomic E-state index is 4.52. The predicted molar refractivity (Wildman–Crippen MR) is 122 cm³/mol. The zero-order chi connectivity index (χ0) is 20.7. The van der Waals surface area contributed by atoms with E-state index < -0.39 is 0 Å². The van der Waals surface area contributed by atoms with Crippen LogP contribution in [0.25, 0.3) is 16.7 Å². The van der Waals surface area contributed by atoms with E-state index in [0.717, 1.165) is 23.7 Å². The Hall–Kier alpha value is -2.86. The normalized spacial score (nSPS) is 19.6. The molecule has 0 spiro atoms. The van der Waals surface area contributed by atoms with Crippen molar-refractivity contribution in [3.8, 4) is 0 Å². The molecule has 0 unspecified atom stereocenters. The van der Waals surface area contributed by atoms with Crippen LogP contribution >= 0.6 is 0 Å². The standard InChI is InChI=1S/C24H30N6/c1-16-13-23-22(29(16)15-18-7-5-4-6-8-18)14-21(24-28-27-17(2)30(23)24)26-20-11-9-19(25-3)10-12-20/h4-8,13-14,19-20,25-26H,9-12,15H2,1-3H3. The van der Waals surface area contributed by atoms with Gasteiger partial charge in [0, 0.05) is 24.3 Å². The SMILES string of the molecule is CNC1CCC(Nc2cc3c(cc(C)n3Cc3ccccc3)n3c(C)nnc23)CC1. The van der Waals surface area contributed by atoms with Gasteiger partial charge in [-0.15, -0.1) is 10.2 Å². The third-order valence-corrected chi connectivity index (χ3v) is 6.59. The van der Waals surface area contributed by atoms with Gasteiger partial charge in [-0.3, -0.25) is 4.40 Å². The Morgan fingerprint density at radius 1 is 0.933 bits per heavy atom. The third kappa shape index (κ3) is 3.35. The number of nitrogens with zero attached hydrogens (tertiary/aromatic N) is 4. The van der Waals surface area contributed by atoms with E-state index in [1.807, 2.05) is 6.92 Å². The number of rotatable bonds is 5. The molecule has 0 amide bonds. The maximum atomic E-state index is 4.52. The van der Waals surface area contributed by atoms with Crippen LogP contribution in [-0.2, 0) is 6.54 Å². The van der Waals surface area contributed by atoms with Gasteiger partial charge in [0.15, 0.2) is 5.65 Å². The van der Waals surface area contributed by atoms with Crippen molar-refractivity contribution < 1.29 is 0 Å². The lowest BCUT2D eigenvalue weighted by molar-refractivity contribution is 0.371. The van der Waals surface area contributed by atoms with Gasteiger partial charge >= 0.3 is 0 Å². The summed E-state index contributed by atoms with van der Waals surface area (Å²) in [6.07, 6.45) is 4.77. The van der Waals surface area contributed by atoms with Crippen molar-refractivity contribution in [1.29, 1.82) is 0 Å². The lowest BCUT2D eigenvalue weighted by atomic mass is 9.91. The van der Waals surface area contributed by atoms with E-state index in [2.05, 4.69) is 86.2 Å². The van der Waals surface area contributed by atoms with Gasteiger partial charge < -0.3 is 15.2 Å². The van der Waals surface area contributed by atoms with E-state index in [1.165, 1.54) is 48.0 Å². The van der Waals surface area contributed by atoms with Crippen LogP contribution in [-0.4, -0.2) is 38.3 Å². The van der Waals surface area contributed by atoms with Crippen LogP contribution in [0.3, 0.4) is 0 Å². The van der Waals surface area contributed by atoms with Crippen molar-refractivity contribution in [1.82, 2.24) is 24.5 Å². The van der Waals surface area contributed by atoms with Crippen molar-refractivity contribution in [2.75, 3.05) is 12.4 Å². The molecule has 0 saturated heterocycles. The second-order valence-electron chi connectivity index (χ2n) is 8.57. The first-order chi connectivity index (χ1) is 14.6. The molecular formula is C24H30N6. The summed E-state index contributed by atoms with van der Waals surface area (Å²) >= 11 is 0. The third-order valence-electron chi connectivity index (χ3n) is 6.59. The molecule has 6 heteroatoms. The largest absolute Gasteiger partial charge is 0.379 e. The number of fused-ring (bicyclic) bond motifs is 3. The number of benzene rings is 1.